The van der Waals surface area contributed by atoms with Gasteiger partial charge in [-0.3, -0.25) is 4.79 Å². The first-order chi connectivity index (χ1) is 8.09. The third-order valence-electron chi connectivity index (χ3n) is 3.09. The number of benzene rings is 1. The van der Waals surface area contributed by atoms with Gasteiger partial charge >= 0.3 is 0 Å². The molecule has 0 bridgehead atoms. The minimum absolute atomic E-state index is 0.0369. The Morgan fingerprint density at radius 2 is 2.00 bits per heavy atom. The Labute approximate surface area is 104 Å². The molecule has 2 unspecified atom stereocenters. The largest absolute Gasteiger partial charge is 0.293 e. The van der Waals surface area contributed by atoms with E-state index in [0.29, 0.717) is 11.1 Å². The molecule has 0 aliphatic carbocycles. The maximum Gasteiger partial charge on any atom is 0.172 e. The number of fused-ring (bicyclic) bond motifs is 2. The van der Waals surface area contributed by atoms with Crippen LogP contribution in [0.2, 0.25) is 0 Å². The molecule has 0 N–H and O–H groups in total. The molecule has 0 saturated carbocycles. The number of rotatable bonds is 0. The first kappa shape index (κ1) is 11.0. The fourth-order valence-electron chi connectivity index (χ4n) is 2.27. The summed E-state index contributed by atoms with van der Waals surface area (Å²) in [5, 5.41) is 1.72. The number of allylic oxidation sites excluding steroid dienone is 1. The predicted molar refractivity (Wildman–Crippen MR) is 67.4 cm³/mol. The zero-order chi connectivity index (χ0) is 12.0. The molecule has 2 aliphatic rings. The highest BCUT2D eigenvalue weighted by Gasteiger charge is 2.43. The summed E-state index contributed by atoms with van der Waals surface area (Å²) < 4.78 is 23.7. The SMILES string of the molecule is O=C1c2ccccc2CS(=O)(=O)C2SC=CC12. The first-order valence-corrected chi connectivity index (χ1v) is 7.91. The van der Waals surface area contributed by atoms with E-state index in [1.54, 1.807) is 35.7 Å². The average molecular weight is 266 g/mol. The number of hydrogen-bond acceptors (Lipinski definition) is 4. The van der Waals surface area contributed by atoms with Gasteiger partial charge < -0.3 is 0 Å². The summed E-state index contributed by atoms with van der Waals surface area (Å²) in [6.07, 6.45) is 1.71. The van der Waals surface area contributed by atoms with Gasteiger partial charge in [-0.05, 0) is 11.0 Å². The lowest BCUT2D eigenvalue weighted by atomic mass is 9.96. The summed E-state index contributed by atoms with van der Waals surface area (Å²) in [5.41, 5.74) is 1.18. The Kier molecular flexibility index (Phi) is 2.41. The lowest BCUT2D eigenvalue weighted by molar-refractivity contribution is 0.0952. The molecule has 88 valence electrons. The molecule has 17 heavy (non-hydrogen) atoms. The Bertz CT molecular complexity index is 616. The van der Waals surface area contributed by atoms with Crippen molar-refractivity contribution in [3.05, 3.63) is 46.9 Å². The van der Waals surface area contributed by atoms with E-state index in [-0.39, 0.29) is 11.5 Å². The van der Waals surface area contributed by atoms with Crippen LogP contribution in [0.25, 0.3) is 0 Å². The Hall–Kier alpha value is -1.07. The number of hydrogen-bond donors (Lipinski definition) is 0. The topological polar surface area (TPSA) is 51.2 Å². The summed E-state index contributed by atoms with van der Waals surface area (Å²) in [6, 6.07) is 6.98. The summed E-state index contributed by atoms with van der Waals surface area (Å²) >= 11 is 1.23. The van der Waals surface area contributed by atoms with Gasteiger partial charge in [-0.15, -0.1) is 11.8 Å². The lowest BCUT2D eigenvalue weighted by Crippen LogP contribution is -2.26. The van der Waals surface area contributed by atoms with Crippen LogP contribution in [0.15, 0.2) is 35.7 Å². The van der Waals surface area contributed by atoms with Gasteiger partial charge in [0.05, 0.1) is 11.7 Å². The molecule has 0 aromatic heterocycles. The Morgan fingerprint density at radius 3 is 2.82 bits per heavy atom. The maximum atomic E-state index is 12.3. The predicted octanol–water partition coefficient (Wildman–Crippen LogP) is 2.00. The van der Waals surface area contributed by atoms with Crippen LogP contribution in [-0.2, 0) is 15.6 Å². The molecule has 1 aromatic rings. The van der Waals surface area contributed by atoms with E-state index in [9.17, 15) is 13.2 Å². The molecule has 0 spiro atoms. The number of carbonyl (C=O) groups excluding carboxylic acids is 1. The maximum absolute atomic E-state index is 12.3. The molecule has 5 heteroatoms. The summed E-state index contributed by atoms with van der Waals surface area (Å²) in [7, 11) is -3.26. The molecule has 1 aromatic carbocycles. The lowest BCUT2D eigenvalue weighted by Gasteiger charge is -2.13. The Morgan fingerprint density at radius 1 is 1.24 bits per heavy atom. The first-order valence-electron chi connectivity index (χ1n) is 5.25. The molecular weight excluding hydrogens is 256 g/mol. The van der Waals surface area contributed by atoms with Crippen molar-refractivity contribution < 1.29 is 13.2 Å². The zero-order valence-corrected chi connectivity index (χ0v) is 10.5. The van der Waals surface area contributed by atoms with Gasteiger partial charge in [0.15, 0.2) is 15.6 Å². The van der Waals surface area contributed by atoms with Gasteiger partial charge in [-0.1, -0.05) is 30.3 Å². The fraction of sp³-hybridized carbons (Fsp3) is 0.250. The number of ketones is 1. The van der Waals surface area contributed by atoms with Crippen molar-refractivity contribution in [2.24, 2.45) is 5.92 Å². The summed E-state index contributed by atoms with van der Waals surface area (Å²) in [6.45, 7) is 0. The van der Waals surface area contributed by atoms with Crippen molar-refractivity contribution >= 4 is 27.4 Å². The van der Waals surface area contributed by atoms with Gasteiger partial charge in [0.1, 0.15) is 4.58 Å². The van der Waals surface area contributed by atoms with Crippen molar-refractivity contribution in [2.45, 2.75) is 10.3 Å². The summed E-state index contributed by atoms with van der Waals surface area (Å²) in [5.74, 6) is -0.633. The van der Waals surface area contributed by atoms with E-state index >= 15 is 0 Å². The standard InChI is InChI=1S/C12H10O3S2/c13-11-9-4-2-1-3-8(9)7-17(14,15)12-10(11)5-6-16-12/h1-6,10,12H,7H2. The third kappa shape index (κ3) is 1.65. The number of thioether (sulfide) groups is 1. The third-order valence-corrected chi connectivity index (χ3v) is 6.89. The van der Waals surface area contributed by atoms with Crippen molar-refractivity contribution in [3.63, 3.8) is 0 Å². The highest BCUT2D eigenvalue weighted by Crippen LogP contribution is 2.40. The zero-order valence-electron chi connectivity index (χ0n) is 8.87. The van der Waals surface area contributed by atoms with Gasteiger partial charge in [-0.2, -0.15) is 0 Å². The molecule has 0 amide bonds. The monoisotopic (exact) mass is 266 g/mol. The highest BCUT2D eigenvalue weighted by atomic mass is 32.3. The molecular formula is C12H10O3S2. The molecule has 0 radical (unpaired) electrons. The highest BCUT2D eigenvalue weighted by molar-refractivity contribution is 8.15. The number of sulfone groups is 1. The second-order valence-electron chi connectivity index (χ2n) is 4.19. The van der Waals surface area contributed by atoms with E-state index in [4.69, 9.17) is 0 Å². The summed E-state index contributed by atoms with van der Waals surface area (Å²) in [4.78, 5) is 12.3. The van der Waals surface area contributed by atoms with E-state index < -0.39 is 20.3 Å². The van der Waals surface area contributed by atoms with Crippen molar-refractivity contribution in [2.75, 3.05) is 0 Å². The molecule has 0 saturated heterocycles. The van der Waals surface area contributed by atoms with Gasteiger partial charge in [-0.25, -0.2) is 8.42 Å². The van der Waals surface area contributed by atoms with Gasteiger partial charge in [0.2, 0.25) is 0 Å². The minimum atomic E-state index is -3.26. The van der Waals surface area contributed by atoms with Crippen molar-refractivity contribution in [3.8, 4) is 0 Å². The normalized spacial score (nSPS) is 29.5. The molecule has 2 aliphatic heterocycles. The average Bonchev–Trinajstić information content (AvgIpc) is 2.75. The van der Waals surface area contributed by atoms with E-state index in [1.165, 1.54) is 11.8 Å². The van der Waals surface area contributed by atoms with Crippen LogP contribution < -0.4 is 0 Å². The molecule has 2 heterocycles. The van der Waals surface area contributed by atoms with Crippen LogP contribution in [0.4, 0.5) is 0 Å². The van der Waals surface area contributed by atoms with E-state index in [2.05, 4.69) is 0 Å². The van der Waals surface area contributed by atoms with Crippen LogP contribution in [0, 0.1) is 5.92 Å². The molecule has 2 atom stereocenters. The van der Waals surface area contributed by atoms with Gasteiger partial charge in [0.25, 0.3) is 0 Å². The van der Waals surface area contributed by atoms with Crippen LogP contribution in [-0.4, -0.2) is 18.8 Å². The minimum Gasteiger partial charge on any atom is -0.293 e. The molecule has 3 rings (SSSR count). The molecule has 0 fully saturated rings. The van der Waals surface area contributed by atoms with Crippen molar-refractivity contribution in [1.29, 1.82) is 0 Å². The van der Waals surface area contributed by atoms with Crippen LogP contribution in [0.1, 0.15) is 15.9 Å². The smallest absolute Gasteiger partial charge is 0.172 e. The second kappa shape index (κ2) is 3.71. The molecule has 3 nitrogen and oxygen atoms in total. The van der Waals surface area contributed by atoms with Crippen molar-refractivity contribution in [1.82, 2.24) is 0 Å². The number of Topliss-reactive ketones (excluding diaryl/α,β-unsaturated/α-hetero) is 1. The van der Waals surface area contributed by atoms with Gasteiger partial charge in [0, 0.05) is 5.56 Å². The van der Waals surface area contributed by atoms with Crippen LogP contribution >= 0.6 is 11.8 Å². The quantitative estimate of drug-likeness (QED) is 0.720. The second-order valence-corrected chi connectivity index (χ2v) is 7.66. The van der Waals surface area contributed by atoms with E-state index in [1.807, 2.05) is 0 Å². The Balaban J connectivity index is 2.23. The number of carbonyl (C=O) groups is 1. The fourth-order valence-corrected chi connectivity index (χ4v) is 5.65. The van der Waals surface area contributed by atoms with Crippen LogP contribution in [0.5, 0.6) is 0 Å². The van der Waals surface area contributed by atoms with Crippen LogP contribution in [0.3, 0.4) is 0 Å². The van der Waals surface area contributed by atoms with E-state index in [0.717, 1.165) is 0 Å².